The van der Waals surface area contributed by atoms with Gasteiger partial charge in [0.05, 0.1) is 12.0 Å². The highest BCUT2D eigenvalue weighted by Crippen LogP contribution is 2.19. The van der Waals surface area contributed by atoms with Gasteiger partial charge in [-0.3, -0.25) is 4.79 Å². The minimum Gasteiger partial charge on any atom is -0.508 e. The summed E-state index contributed by atoms with van der Waals surface area (Å²) in [7, 11) is 0. The quantitative estimate of drug-likeness (QED) is 0.641. The number of carbonyl (C=O) groups excluding carboxylic acids is 1. The van der Waals surface area contributed by atoms with Gasteiger partial charge in [-0.25, -0.2) is 0 Å². The van der Waals surface area contributed by atoms with Gasteiger partial charge in [0, 0.05) is 0 Å². The predicted octanol–water partition coefficient (Wildman–Crippen LogP) is 1.59. The van der Waals surface area contributed by atoms with Crippen molar-refractivity contribution in [3.05, 3.63) is 29.8 Å². The maximum atomic E-state index is 11.3. The van der Waals surface area contributed by atoms with E-state index in [1.807, 2.05) is 0 Å². The average Bonchev–Trinajstić information content (AvgIpc) is 2.56. The smallest absolute Gasteiger partial charge is 0.259 e. The van der Waals surface area contributed by atoms with E-state index >= 15 is 0 Å². The van der Waals surface area contributed by atoms with Crippen LogP contribution in [0.3, 0.4) is 0 Å². The van der Waals surface area contributed by atoms with Crippen molar-refractivity contribution in [3.8, 4) is 5.75 Å². The Kier molecular flexibility index (Phi) is 3.21. The molecule has 0 aliphatic carbocycles. The zero-order valence-electron chi connectivity index (χ0n) is 8.16. The first-order valence-corrected chi connectivity index (χ1v) is 5.89. The van der Waals surface area contributed by atoms with Crippen LogP contribution in [0.1, 0.15) is 5.56 Å². The Morgan fingerprint density at radius 3 is 3.00 bits per heavy atom. The summed E-state index contributed by atoms with van der Waals surface area (Å²) in [5.74, 6) is 0.385. The molecule has 1 saturated heterocycles. The fraction of sp³-hybridized carbons (Fsp3) is 0.100. The van der Waals surface area contributed by atoms with Crippen LogP contribution in [-0.2, 0) is 4.79 Å². The predicted molar refractivity (Wildman–Crippen MR) is 67.6 cm³/mol. The molecule has 6 heteroatoms. The molecule has 1 aromatic rings. The van der Waals surface area contributed by atoms with E-state index in [2.05, 4.69) is 5.10 Å². The van der Waals surface area contributed by atoms with Gasteiger partial charge < -0.3 is 5.11 Å². The fourth-order valence-corrected chi connectivity index (χ4v) is 2.15. The molecule has 0 saturated carbocycles. The van der Waals surface area contributed by atoms with Crippen LogP contribution >= 0.6 is 24.0 Å². The zero-order chi connectivity index (χ0) is 11.5. The van der Waals surface area contributed by atoms with Crippen molar-refractivity contribution in [2.75, 3.05) is 5.75 Å². The van der Waals surface area contributed by atoms with E-state index < -0.39 is 0 Å². The number of rotatable bonds is 2. The van der Waals surface area contributed by atoms with Gasteiger partial charge in [0.2, 0.25) is 0 Å². The number of aromatic hydroxyl groups is 1. The second-order valence-electron chi connectivity index (χ2n) is 3.10. The van der Waals surface area contributed by atoms with Gasteiger partial charge in [0.25, 0.3) is 5.91 Å². The Balaban J connectivity index is 2.15. The van der Waals surface area contributed by atoms with Crippen molar-refractivity contribution in [1.82, 2.24) is 5.01 Å². The third-order valence-electron chi connectivity index (χ3n) is 1.92. The number of nitrogens with zero attached hydrogens (tertiary/aromatic N) is 2. The van der Waals surface area contributed by atoms with Gasteiger partial charge in [-0.1, -0.05) is 36.1 Å². The minimum atomic E-state index is -0.119. The van der Waals surface area contributed by atoms with E-state index in [4.69, 9.17) is 12.2 Å². The molecule has 16 heavy (non-hydrogen) atoms. The molecule has 1 aliphatic heterocycles. The molecule has 0 atom stereocenters. The van der Waals surface area contributed by atoms with Crippen LogP contribution in [0, 0.1) is 0 Å². The summed E-state index contributed by atoms with van der Waals surface area (Å²) in [4.78, 5) is 11.3. The third kappa shape index (κ3) is 2.40. The summed E-state index contributed by atoms with van der Waals surface area (Å²) < 4.78 is 0.460. The lowest BCUT2D eigenvalue weighted by Gasteiger charge is -2.06. The van der Waals surface area contributed by atoms with Crippen LogP contribution in [0.25, 0.3) is 0 Å². The lowest BCUT2D eigenvalue weighted by atomic mass is 10.2. The van der Waals surface area contributed by atoms with Crippen molar-refractivity contribution in [2.45, 2.75) is 0 Å². The first-order chi connectivity index (χ1) is 7.66. The van der Waals surface area contributed by atoms with Crippen LogP contribution in [0.4, 0.5) is 0 Å². The zero-order valence-corrected chi connectivity index (χ0v) is 9.79. The molecule has 1 aromatic carbocycles. The van der Waals surface area contributed by atoms with Crippen molar-refractivity contribution >= 4 is 40.4 Å². The van der Waals surface area contributed by atoms with Gasteiger partial charge in [0.15, 0.2) is 4.32 Å². The van der Waals surface area contributed by atoms with E-state index in [0.717, 1.165) is 0 Å². The summed E-state index contributed by atoms with van der Waals surface area (Å²) in [5, 5.41) is 14.4. The number of hydrogen-bond acceptors (Lipinski definition) is 5. The van der Waals surface area contributed by atoms with Crippen molar-refractivity contribution in [1.29, 1.82) is 0 Å². The second kappa shape index (κ2) is 4.63. The number of thioether (sulfide) groups is 1. The molecule has 2 rings (SSSR count). The summed E-state index contributed by atoms with van der Waals surface area (Å²) in [5.41, 5.74) is 0.715. The lowest BCUT2D eigenvalue weighted by molar-refractivity contribution is -0.123. The van der Waals surface area contributed by atoms with Crippen LogP contribution in [0.15, 0.2) is 29.4 Å². The highest BCUT2D eigenvalue weighted by atomic mass is 32.2. The number of benzene rings is 1. The van der Waals surface area contributed by atoms with Crippen LogP contribution in [-0.4, -0.2) is 32.3 Å². The van der Waals surface area contributed by atoms with E-state index in [-0.39, 0.29) is 11.7 Å². The normalized spacial score (nSPS) is 16.4. The van der Waals surface area contributed by atoms with Crippen LogP contribution in [0.5, 0.6) is 5.75 Å². The molecular formula is C10H8N2O2S2. The van der Waals surface area contributed by atoms with Gasteiger partial charge >= 0.3 is 0 Å². The number of carbonyl (C=O) groups is 1. The number of thiocarbonyl (C=S) groups is 1. The first kappa shape index (κ1) is 11.1. The van der Waals surface area contributed by atoms with Gasteiger partial charge in [-0.15, -0.1) is 0 Å². The Bertz CT molecular complexity index is 458. The van der Waals surface area contributed by atoms with E-state index in [9.17, 15) is 9.90 Å². The maximum absolute atomic E-state index is 11.3. The Morgan fingerprint density at radius 1 is 1.56 bits per heavy atom. The van der Waals surface area contributed by atoms with Crippen LogP contribution < -0.4 is 0 Å². The molecule has 0 radical (unpaired) electrons. The Hall–Kier alpha value is -1.40. The summed E-state index contributed by atoms with van der Waals surface area (Å²) in [6, 6.07) is 6.61. The van der Waals surface area contributed by atoms with Gasteiger partial charge in [-0.2, -0.15) is 10.1 Å². The molecule has 0 unspecified atom stereocenters. The first-order valence-electron chi connectivity index (χ1n) is 4.49. The molecule has 0 aromatic heterocycles. The van der Waals surface area contributed by atoms with Crippen LogP contribution in [0.2, 0.25) is 0 Å². The maximum Gasteiger partial charge on any atom is 0.259 e. The highest BCUT2D eigenvalue weighted by Gasteiger charge is 2.25. The van der Waals surface area contributed by atoms with Crippen molar-refractivity contribution in [3.63, 3.8) is 0 Å². The summed E-state index contributed by atoms with van der Waals surface area (Å²) in [6.45, 7) is 0. The van der Waals surface area contributed by atoms with Gasteiger partial charge in [-0.05, 0) is 17.7 Å². The second-order valence-corrected chi connectivity index (χ2v) is 4.71. The molecule has 1 N–H and O–H groups in total. The number of amides is 1. The van der Waals surface area contributed by atoms with Crippen molar-refractivity contribution in [2.24, 2.45) is 5.10 Å². The molecule has 1 amide bonds. The minimum absolute atomic E-state index is 0.119. The molecule has 0 bridgehead atoms. The fourth-order valence-electron chi connectivity index (χ4n) is 1.19. The standard InChI is InChI=1S/C10H8N2O2S2/c13-8-3-1-2-7(4-8)5-11-12-9(14)6-16-10(12)15/h1-5,13H,6H2. The third-order valence-corrected chi connectivity index (χ3v) is 3.26. The van der Waals surface area contributed by atoms with E-state index in [1.165, 1.54) is 23.0 Å². The molecule has 1 fully saturated rings. The largest absolute Gasteiger partial charge is 0.508 e. The number of hydrazone groups is 1. The molecule has 82 valence electrons. The topological polar surface area (TPSA) is 52.9 Å². The van der Waals surface area contributed by atoms with E-state index in [0.29, 0.717) is 15.6 Å². The number of hydrogen-bond donors (Lipinski definition) is 1. The van der Waals surface area contributed by atoms with Crippen molar-refractivity contribution < 1.29 is 9.90 Å². The highest BCUT2D eigenvalue weighted by molar-refractivity contribution is 8.23. The SMILES string of the molecule is O=C1CSC(=S)N1N=Cc1cccc(O)c1. The molecule has 1 heterocycles. The summed E-state index contributed by atoms with van der Waals surface area (Å²) in [6.07, 6.45) is 1.50. The molecular weight excluding hydrogens is 244 g/mol. The molecule has 1 aliphatic rings. The Labute approximate surface area is 102 Å². The van der Waals surface area contributed by atoms with Gasteiger partial charge in [0.1, 0.15) is 5.75 Å². The molecule has 4 nitrogen and oxygen atoms in total. The Morgan fingerprint density at radius 2 is 2.38 bits per heavy atom. The molecule has 0 spiro atoms. The summed E-state index contributed by atoms with van der Waals surface area (Å²) >= 11 is 6.26. The lowest BCUT2D eigenvalue weighted by Crippen LogP contribution is -2.22. The van der Waals surface area contributed by atoms with E-state index in [1.54, 1.807) is 24.3 Å². The number of phenols is 1. The monoisotopic (exact) mass is 252 g/mol. The average molecular weight is 252 g/mol. The number of phenolic OH excluding ortho intramolecular Hbond substituents is 1.